The van der Waals surface area contributed by atoms with E-state index in [9.17, 15) is 0 Å². The monoisotopic (exact) mass is 610 g/mol. The predicted octanol–water partition coefficient (Wildman–Crippen LogP) is 13.4. The highest BCUT2D eigenvalue weighted by Gasteiger charge is 2.23. The van der Waals surface area contributed by atoms with Crippen LogP contribution in [0.25, 0.3) is 109 Å². The van der Waals surface area contributed by atoms with Gasteiger partial charge in [-0.3, -0.25) is 0 Å². The second-order valence-electron chi connectivity index (χ2n) is 12.7. The molecule has 2 aromatic heterocycles. The van der Waals surface area contributed by atoms with E-state index < -0.39 is 0 Å². The topological polar surface area (TPSA) is 26.3 Å². The zero-order valence-electron chi connectivity index (χ0n) is 25.8. The zero-order valence-corrected chi connectivity index (χ0v) is 25.8. The number of fused-ring (bicyclic) bond motifs is 12. The van der Waals surface area contributed by atoms with Crippen LogP contribution in [0.4, 0.5) is 0 Å². The van der Waals surface area contributed by atoms with Gasteiger partial charge in [-0.05, 0) is 72.4 Å². The van der Waals surface area contributed by atoms with Crippen molar-refractivity contribution in [1.82, 2.24) is 0 Å². The van der Waals surface area contributed by atoms with Crippen LogP contribution in [-0.4, -0.2) is 0 Å². The molecular formula is C46H26O2. The number of para-hydroxylation sites is 2. The van der Waals surface area contributed by atoms with E-state index in [0.717, 1.165) is 49.4 Å². The molecule has 0 aliphatic carbocycles. The minimum absolute atomic E-state index is 0.830. The molecule has 2 heteroatoms. The van der Waals surface area contributed by atoms with Crippen LogP contribution in [0.1, 0.15) is 0 Å². The first-order chi connectivity index (χ1) is 23.8. The average Bonchev–Trinajstić information content (AvgIpc) is 3.72. The van der Waals surface area contributed by atoms with Gasteiger partial charge in [-0.2, -0.15) is 0 Å². The summed E-state index contributed by atoms with van der Waals surface area (Å²) in [6, 6.07) is 56.6. The second kappa shape index (κ2) is 9.57. The molecule has 0 saturated carbocycles. The van der Waals surface area contributed by atoms with E-state index in [0.29, 0.717) is 0 Å². The highest BCUT2D eigenvalue weighted by atomic mass is 16.3. The lowest BCUT2D eigenvalue weighted by molar-refractivity contribution is 0.663. The Kier molecular flexibility index (Phi) is 5.14. The van der Waals surface area contributed by atoms with Gasteiger partial charge in [-0.15, -0.1) is 0 Å². The summed E-state index contributed by atoms with van der Waals surface area (Å²) in [6.45, 7) is 0. The number of benzene rings is 9. The van der Waals surface area contributed by atoms with E-state index in [4.69, 9.17) is 8.83 Å². The quantitative estimate of drug-likeness (QED) is 0.144. The van der Waals surface area contributed by atoms with Crippen molar-refractivity contribution in [2.24, 2.45) is 0 Å². The van der Waals surface area contributed by atoms with Crippen molar-refractivity contribution < 1.29 is 8.83 Å². The number of hydrogen-bond acceptors (Lipinski definition) is 2. The molecule has 0 radical (unpaired) electrons. The van der Waals surface area contributed by atoms with Gasteiger partial charge in [0, 0.05) is 27.3 Å². The van der Waals surface area contributed by atoms with Gasteiger partial charge in [0.1, 0.15) is 22.3 Å². The first kappa shape index (κ1) is 25.8. The Balaban J connectivity index is 1.28. The predicted molar refractivity (Wildman–Crippen MR) is 202 cm³/mol. The minimum Gasteiger partial charge on any atom is -0.455 e. The van der Waals surface area contributed by atoms with Gasteiger partial charge in [0.2, 0.25) is 0 Å². The third-order valence-corrected chi connectivity index (χ3v) is 10.2. The van der Waals surface area contributed by atoms with Crippen molar-refractivity contribution in [2.45, 2.75) is 0 Å². The maximum atomic E-state index is 6.80. The molecule has 0 unspecified atom stereocenters. The first-order valence-corrected chi connectivity index (χ1v) is 16.4. The fraction of sp³-hybridized carbons (Fsp3) is 0. The summed E-state index contributed by atoms with van der Waals surface area (Å²) in [4.78, 5) is 0. The normalized spacial score (nSPS) is 12.2. The Morgan fingerprint density at radius 1 is 0.271 bits per heavy atom. The van der Waals surface area contributed by atoms with E-state index in [-0.39, 0.29) is 0 Å². The van der Waals surface area contributed by atoms with Crippen LogP contribution in [0.3, 0.4) is 0 Å². The Bertz CT molecular complexity index is 3060. The highest BCUT2D eigenvalue weighted by Crippen LogP contribution is 2.49. The van der Waals surface area contributed by atoms with Crippen molar-refractivity contribution in [3.8, 4) is 22.3 Å². The fourth-order valence-corrected chi connectivity index (χ4v) is 8.24. The molecule has 11 aromatic rings. The Hall–Kier alpha value is -6.38. The lowest BCUT2D eigenvalue weighted by Gasteiger charge is -2.19. The van der Waals surface area contributed by atoms with Crippen molar-refractivity contribution in [3.05, 3.63) is 158 Å². The molecule has 0 aliphatic heterocycles. The van der Waals surface area contributed by atoms with Crippen LogP contribution in [0.5, 0.6) is 0 Å². The molecule has 0 amide bonds. The molecule has 11 rings (SSSR count). The molecule has 2 heterocycles. The third-order valence-electron chi connectivity index (χ3n) is 10.2. The van der Waals surface area contributed by atoms with E-state index in [1.165, 1.54) is 59.8 Å². The smallest absolute Gasteiger partial charge is 0.147 e. The Morgan fingerprint density at radius 3 is 1.58 bits per heavy atom. The summed E-state index contributed by atoms with van der Waals surface area (Å²) in [7, 11) is 0. The zero-order chi connectivity index (χ0) is 31.3. The third kappa shape index (κ3) is 3.41. The molecular weight excluding hydrogens is 585 g/mol. The van der Waals surface area contributed by atoms with Crippen molar-refractivity contribution >= 4 is 87.0 Å². The SMILES string of the molecule is c1ccc2c(c1)ccc1cccc(-c3c4ccccc4c(-c4cccc5c4oc4ccc6c7ccccc7oc6c45)c4ccccc34)c12. The summed E-state index contributed by atoms with van der Waals surface area (Å²) in [5, 5.41) is 14.2. The van der Waals surface area contributed by atoms with E-state index >= 15 is 0 Å². The van der Waals surface area contributed by atoms with Crippen LogP contribution in [0, 0.1) is 0 Å². The largest absolute Gasteiger partial charge is 0.455 e. The standard InChI is InChI=1S/C46H26O2/c1-2-13-29-27(11-1)23-24-28-12-9-19-36(41(28)29)42-31-15-3-5-17-33(31)43(34-18-6-4-16-32(34)42)37-20-10-21-38-44-40(48-45(37)38)26-25-35-30-14-7-8-22-39(30)47-46(35)44/h1-26H. The van der Waals surface area contributed by atoms with Crippen LogP contribution < -0.4 is 0 Å². The fourth-order valence-electron chi connectivity index (χ4n) is 8.24. The molecule has 0 atom stereocenters. The first-order valence-electron chi connectivity index (χ1n) is 16.4. The lowest BCUT2D eigenvalue weighted by atomic mass is 9.84. The van der Waals surface area contributed by atoms with Gasteiger partial charge >= 0.3 is 0 Å². The minimum atomic E-state index is 0.830. The van der Waals surface area contributed by atoms with Gasteiger partial charge in [0.15, 0.2) is 0 Å². The molecule has 0 aliphatic rings. The molecule has 0 N–H and O–H groups in total. The van der Waals surface area contributed by atoms with Gasteiger partial charge < -0.3 is 8.83 Å². The molecule has 2 nitrogen and oxygen atoms in total. The molecule has 0 spiro atoms. The maximum absolute atomic E-state index is 6.80. The van der Waals surface area contributed by atoms with E-state index in [1.54, 1.807) is 0 Å². The van der Waals surface area contributed by atoms with Crippen LogP contribution in [-0.2, 0) is 0 Å². The summed E-state index contributed by atoms with van der Waals surface area (Å²) < 4.78 is 13.3. The molecule has 222 valence electrons. The summed E-state index contributed by atoms with van der Waals surface area (Å²) in [5.41, 5.74) is 8.23. The average molecular weight is 611 g/mol. The van der Waals surface area contributed by atoms with Crippen LogP contribution in [0.15, 0.2) is 167 Å². The summed E-state index contributed by atoms with van der Waals surface area (Å²) >= 11 is 0. The lowest BCUT2D eigenvalue weighted by Crippen LogP contribution is -1.92. The number of rotatable bonds is 2. The van der Waals surface area contributed by atoms with Gasteiger partial charge in [-0.1, -0.05) is 140 Å². The molecule has 9 aromatic carbocycles. The molecule has 0 fully saturated rings. The van der Waals surface area contributed by atoms with Crippen molar-refractivity contribution in [3.63, 3.8) is 0 Å². The highest BCUT2D eigenvalue weighted by molar-refractivity contribution is 6.29. The summed E-state index contributed by atoms with van der Waals surface area (Å²) in [6.07, 6.45) is 0. The van der Waals surface area contributed by atoms with Gasteiger partial charge in [-0.25, -0.2) is 0 Å². The maximum Gasteiger partial charge on any atom is 0.147 e. The number of hydrogen-bond donors (Lipinski definition) is 0. The Morgan fingerprint density at radius 2 is 0.812 bits per heavy atom. The molecule has 0 saturated heterocycles. The molecule has 48 heavy (non-hydrogen) atoms. The van der Waals surface area contributed by atoms with Crippen LogP contribution >= 0.6 is 0 Å². The van der Waals surface area contributed by atoms with E-state index in [2.05, 4.69) is 146 Å². The Labute approximate surface area is 275 Å². The molecule has 0 bridgehead atoms. The van der Waals surface area contributed by atoms with Crippen molar-refractivity contribution in [1.29, 1.82) is 0 Å². The van der Waals surface area contributed by atoms with Crippen LogP contribution in [0.2, 0.25) is 0 Å². The van der Waals surface area contributed by atoms with Gasteiger partial charge in [0.25, 0.3) is 0 Å². The van der Waals surface area contributed by atoms with Crippen molar-refractivity contribution in [2.75, 3.05) is 0 Å². The second-order valence-corrected chi connectivity index (χ2v) is 12.7. The number of furan rings is 2. The summed E-state index contributed by atoms with van der Waals surface area (Å²) in [5.74, 6) is 0. The van der Waals surface area contributed by atoms with Gasteiger partial charge in [0.05, 0.1) is 5.39 Å². The van der Waals surface area contributed by atoms with E-state index in [1.807, 2.05) is 12.1 Å².